The summed E-state index contributed by atoms with van der Waals surface area (Å²) in [6.45, 7) is 4.21. The van der Waals surface area contributed by atoms with Crippen LogP contribution < -0.4 is 0 Å². The van der Waals surface area contributed by atoms with Crippen LogP contribution in [0, 0.1) is 11.6 Å². The summed E-state index contributed by atoms with van der Waals surface area (Å²) in [6.07, 6.45) is 10.1. The van der Waals surface area contributed by atoms with Gasteiger partial charge < -0.3 is 0 Å². The molecule has 1 fully saturated rings. The van der Waals surface area contributed by atoms with E-state index in [9.17, 15) is 8.78 Å². The van der Waals surface area contributed by atoms with E-state index in [4.69, 9.17) is 0 Å². The van der Waals surface area contributed by atoms with Gasteiger partial charge in [-0.15, -0.1) is 0 Å². The standard InChI is InChI=1S/C32H36F2/c1-3-4-6-11-30-31(33)21-29(22-32(30)34)28-18-16-27(17-19-28)26-14-12-24(13-15-26)20-23(2)25-9-7-5-8-10-25/h3-5,7-10,12-15,21-23,27-28H,6,11,16-20H2,1-2H3/b4-3+. The summed E-state index contributed by atoms with van der Waals surface area (Å²) in [7, 11) is 0. The van der Waals surface area contributed by atoms with Crippen molar-refractivity contribution >= 4 is 0 Å². The minimum atomic E-state index is -0.387. The van der Waals surface area contributed by atoms with Gasteiger partial charge in [-0.2, -0.15) is 0 Å². The van der Waals surface area contributed by atoms with E-state index in [1.807, 2.05) is 19.1 Å². The van der Waals surface area contributed by atoms with Crippen molar-refractivity contribution in [2.75, 3.05) is 0 Å². The number of benzene rings is 3. The molecule has 0 spiro atoms. The largest absolute Gasteiger partial charge is 0.207 e. The van der Waals surface area contributed by atoms with Crippen molar-refractivity contribution in [3.8, 4) is 0 Å². The normalized spacial score (nSPS) is 19.4. The first-order valence-corrected chi connectivity index (χ1v) is 12.8. The van der Waals surface area contributed by atoms with Crippen molar-refractivity contribution in [1.82, 2.24) is 0 Å². The van der Waals surface area contributed by atoms with Gasteiger partial charge in [0.25, 0.3) is 0 Å². The monoisotopic (exact) mass is 458 g/mol. The van der Waals surface area contributed by atoms with E-state index in [0.29, 0.717) is 24.7 Å². The summed E-state index contributed by atoms with van der Waals surface area (Å²) in [5.41, 5.74) is 5.19. The highest BCUT2D eigenvalue weighted by atomic mass is 19.1. The molecule has 1 aliphatic rings. The Labute approximate surface area is 203 Å². The van der Waals surface area contributed by atoms with E-state index in [0.717, 1.165) is 37.7 Å². The molecule has 0 heterocycles. The minimum Gasteiger partial charge on any atom is -0.207 e. The van der Waals surface area contributed by atoms with E-state index in [-0.39, 0.29) is 23.1 Å². The molecule has 0 aromatic heterocycles. The van der Waals surface area contributed by atoms with Crippen LogP contribution in [-0.4, -0.2) is 0 Å². The van der Waals surface area contributed by atoms with Crippen molar-refractivity contribution in [3.05, 3.63) is 118 Å². The van der Waals surface area contributed by atoms with Crippen LogP contribution in [-0.2, 0) is 12.8 Å². The maximum absolute atomic E-state index is 14.6. The molecule has 3 aromatic carbocycles. The van der Waals surface area contributed by atoms with Gasteiger partial charge in [-0.3, -0.25) is 0 Å². The maximum Gasteiger partial charge on any atom is 0.129 e. The summed E-state index contributed by atoms with van der Waals surface area (Å²) >= 11 is 0. The fourth-order valence-corrected chi connectivity index (χ4v) is 5.43. The van der Waals surface area contributed by atoms with E-state index in [1.165, 1.54) is 16.7 Å². The summed E-state index contributed by atoms with van der Waals surface area (Å²) < 4.78 is 29.2. The zero-order chi connectivity index (χ0) is 23.9. The van der Waals surface area contributed by atoms with Gasteiger partial charge in [0.2, 0.25) is 0 Å². The lowest BCUT2D eigenvalue weighted by molar-refractivity contribution is 0.393. The molecule has 0 bridgehead atoms. The zero-order valence-corrected chi connectivity index (χ0v) is 20.4. The molecule has 1 atom stereocenters. The maximum atomic E-state index is 14.6. The molecule has 0 nitrogen and oxygen atoms in total. The van der Waals surface area contributed by atoms with Gasteiger partial charge >= 0.3 is 0 Å². The van der Waals surface area contributed by atoms with Gasteiger partial charge in [-0.25, -0.2) is 8.78 Å². The third-order valence-corrected chi connectivity index (χ3v) is 7.52. The number of hydrogen-bond acceptors (Lipinski definition) is 0. The van der Waals surface area contributed by atoms with E-state index < -0.39 is 0 Å². The summed E-state index contributed by atoms with van der Waals surface area (Å²) in [5, 5.41) is 0. The lowest BCUT2D eigenvalue weighted by Crippen LogP contribution is -2.13. The van der Waals surface area contributed by atoms with Crippen LogP contribution in [0.1, 0.15) is 91.5 Å². The predicted molar refractivity (Wildman–Crippen MR) is 138 cm³/mol. The van der Waals surface area contributed by atoms with Crippen LogP contribution in [0.25, 0.3) is 0 Å². The topological polar surface area (TPSA) is 0 Å². The molecular weight excluding hydrogens is 422 g/mol. The quantitative estimate of drug-likeness (QED) is 0.295. The van der Waals surface area contributed by atoms with Crippen LogP contribution in [0.5, 0.6) is 0 Å². The van der Waals surface area contributed by atoms with Gasteiger partial charge in [0.15, 0.2) is 0 Å². The van der Waals surface area contributed by atoms with Crippen molar-refractivity contribution in [2.45, 2.75) is 76.5 Å². The van der Waals surface area contributed by atoms with Crippen LogP contribution >= 0.6 is 0 Å². The second kappa shape index (κ2) is 11.6. The third kappa shape index (κ3) is 6.03. The molecule has 178 valence electrons. The molecule has 0 amide bonds. The Kier molecular flexibility index (Phi) is 8.32. The zero-order valence-electron chi connectivity index (χ0n) is 20.4. The minimum absolute atomic E-state index is 0.220. The number of halogens is 2. The van der Waals surface area contributed by atoms with Gasteiger partial charge in [-0.1, -0.05) is 73.7 Å². The van der Waals surface area contributed by atoms with Crippen LogP contribution in [0.3, 0.4) is 0 Å². The molecule has 1 saturated carbocycles. The number of hydrogen-bond donors (Lipinski definition) is 0. The lowest BCUT2D eigenvalue weighted by Gasteiger charge is -2.29. The lowest BCUT2D eigenvalue weighted by atomic mass is 9.76. The second-order valence-electron chi connectivity index (χ2n) is 9.88. The molecule has 3 aromatic rings. The number of allylic oxidation sites excluding steroid dienone is 2. The van der Waals surface area contributed by atoms with Gasteiger partial charge in [0.05, 0.1) is 0 Å². The first-order chi connectivity index (χ1) is 16.5. The molecule has 34 heavy (non-hydrogen) atoms. The Morgan fingerprint density at radius 2 is 1.41 bits per heavy atom. The highest BCUT2D eigenvalue weighted by molar-refractivity contribution is 5.31. The van der Waals surface area contributed by atoms with E-state index in [2.05, 4.69) is 61.5 Å². The molecule has 1 aliphatic carbocycles. The van der Waals surface area contributed by atoms with Crippen molar-refractivity contribution in [2.24, 2.45) is 0 Å². The third-order valence-electron chi connectivity index (χ3n) is 7.52. The molecule has 0 aliphatic heterocycles. The van der Waals surface area contributed by atoms with Crippen molar-refractivity contribution in [3.63, 3.8) is 0 Å². The summed E-state index contributed by atoms with van der Waals surface area (Å²) in [6, 6.07) is 23.0. The number of rotatable bonds is 8. The van der Waals surface area contributed by atoms with Crippen molar-refractivity contribution < 1.29 is 8.78 Å². The fraction of sp³-hybridized carbons (Fsp3) is 0.375. The molecule has 1 unspecified atom stereocenters. The van der Waals surface area contributed by atoms with Crippen LogP contribution in [0.15, 0.2) is 78.9 Å². The summed E-state index contributed by atoms with van der Waals surface area (Å²) in [5.74, 6) is 0.504. The smallest absolute Gasteiger partial charge is 0.129 e. The second-order valence-corrected chi connectivity index (χ2v) is 9.88. The van der Waals surface area contributed by atoms with Gasteiger partial charge in [-0.05, 0) is 104 Å². The van der Waals surface area contributed by atoms with Crippen LogP contribution in [0.4, 0.5) is 8.78 Å². The Hall–Kier alpha value is -2.74. The Balaban J connectivity index is 1.34. The average molecular weight is 459 g/mol. The van der Waals surface area contributed by atoms with Gasteiger partial charge in [0.1, 0.15) is 11.6 Å². The van der Waals surface area contributed by atoms with E-state index in [1.54, 1.807) is 12.1 Å². The molecular formula is C32H36F2. The Morgan fingerprint density at radius 3 is 2.00 bits per heavy atom. The van der Waals surface area contributed by atoms with Crippen molar-refractivity contribution in [1.29, 1.82) is 0 Å². The Morgan fingerprint density at radius 1 is 0.824 bits per heavy atom. The molecule has 4 rings (SSSR count). The van der Waals surface area contributed by atoms with E-state index >= 15 is 0 Å². The molecule has 0 radical (unpaired) electrons. The highest BCUT2D eigenvalue weighted by Gasteiger charge is 2.25. The highest BCUT2D eigenvalue weighted by Crippen LogP contribution is 2.41. The fourth-order valence-electron chi connectivity index (χ4n) is 5.43. The molecule has 0 N–H and O–H groups in total. The Bertz CT molecular complexity index is 1050. The van der Waals surface area contributed by atoms with Gasteiger partial charge in [0, 0.05) is 5.56 Å². The average Bonchev–Trinajstić information content (AvgIpc) is 2.87. The first kappa shape index (κ1) is 24.4. The SMILES string of the molecule is C/C=C/CCc1c(F)cc(C2CCC(c3ccc(CC(C)c4ccccc4)cc3)CC2)cc1F. The predicted octanol–water partition coefficient (Wildman–Crippen LogP) is 9.26. The van der Waals surface area contributed by atoms with Crippen LogP contribution in [0.2, 0.25) is 0 Å². The molecule has 0 saturated heterocycles. The molecule has 2 heteroatoms. The summed E-state index contributed by atoms with van der Waals surface area (Å²) in [4.78, 5) is 0. The first-order valence-electron chi connectivity index (χ1n) is 12.8.